The third-order valence-corrected chi connectivity index (χ3v) is 2.27. The molecule has 2 rings (SSSR count). The fourth-order valence-electron chi connectivity index (χ4n) is 0.938. The molecule has 2 aromatic rings. The molecule has 0 saturated carbocycles. The van der Waals surface area contributed by atoms with Gasteiger partial charge in [0.15, 0.2) is 11.6 Å². The maximum Gasteiger partial charge on any atom is 0.174 e. The highest BCUT2D eigenvalue weighted by molar-refractivity contribution is 9.10. The van der Waals surface area contributed by atoms with E-state index in [2.05, 4.69) is 41.4 Å². The van der Waals surface area contributed by atoms with Crippen LogP contribution >= 0.6 is 15.9 Å². The summed E-state index contributed by atoms with van der Waals surface area (Å²) in [5, 5.41) is 3.94. The van der Waals surface area contributed by atoms with E-state index in [1.54, 1.807) is 0 Å². The van der Waals surface area contributed by atoms with Crippen LogP contribution in [0, 0.1) is 0 Å². The van der Waals surface area contributed by atoms with Crippen LogP contribution in [0.2, 0.25) is 0 Å². The number of aromatic nitrogens is 5. The molecule has 8 heteroatoms. The summed E-state index contributed by atoms with van der Waals surface area (Å²) in [6.45, 7) is 0. The second kappa shape index (κ2) is 3.68. The van der Waals surface area contributed by atoms with Gasteiger partial charge in [-0.15, -0.1) is 0 Å². The Labute approximate surface area is 87.5 Å². The van der Waals surface area contributed by atoms with Gasteiger partial charge in [0.2, 0.25) is 0 Å². The minimum atomic E-state index is 0.491. The van der Waals surface area contributed by atoms with Crippen molar-refractivity contribution in [3.63, 3.8) is 0 Å². The number of hydrogen-bond acceptors (Lipinski definition) is 6. The molecule has 0 aliphatic carbocycles. The summed E-state index contributed by atoms with van der Waals surface area (Å²) >= 11 is 3.31. The molecule has 0 saturated heterocycles. The lowest BCUT2D eigenvalue weighted by Crippen LogP contribution is -2.11. The number of anilines is 1. The summed E-state index contributed by atoms with van der Waals surface area (Å²) < 4.78 is 2.14. The van der Waals surface area contributed by atoms with E-state index in [1.165, 1.54) is 23.7 Å². The number of rotatable bonds is 2. The number of nitrogens with zero attached hydrogens (tertiary/aromatic N) is 5. The molecule has 0 aliphatic heterocycles. The number of hydrazine groups is 1. The first kappa shape index (κ1) is 9.03. The average Bonchev–Trinajstić information content (AvgIpc) is 2.71. The fraction of sp³-hybridized carbons (Fsp3) is 0. The van der Waals surface area contributed by atoms with E-state index in [0.29, 0.717) is 16.1 Å². The van der Waals surface area contributed by atoms with Gasteiger partial charge in [0, 0.05) is 0 Å². The van der Waals surface area contributed by atoms with Gasteiger partial charge in [-0.1, -0.05) is 0 Å². The van der Waals surface area contributed by atoms with Crippen LogP contribution in [0.25, 0.3) is 5.82 Å². The van der Waals surface area contributed by atoms with Crippen molar-refractivity contribution >= 4 is 21.7 Å². The molecule has 2 aromatic heterocycles. The van der Waals surface area contributed by atoms with Crippen LogP contribution in [0.4, 0.5) is 5.82 Å². The minimum absolute atomic E-state index is 0.491. The molecule has 0 bridgehead atoms. The molecule has 0 atom stereocenters. The number of hydrogen-bond donors (Lipinski definition) is 2. The van der Waals surface area contributed by atoms with Crippen LogP contribution < -0.4 is 11.3 Å². The van der Waals surface area contributed by atoms with Crippen molar-refractivity contribution in [1.82, 2.24) is 24.7 Å². The largest absolute Gasteiger partial charge is 0.307 e. The van der Waals surface area contributed by atoms with E-state index in [4.69, 9.17) is 5.84 Å². The predicted octanol–water partition coefficient (Wildman–Crippen LogP) is 0.105. The van der Waals surface area contributed by atoms with Gasteiger partial charge in [0.1, 0.15) is 23.5 Å². The first-order valence-corrected chi connectivity index (χ1v) is 4.44. The van der Waals surface area contributed by atoms with Crippen LogP contribution in [0.3, 0.4) is 0 Å². The van der Waals surface area contributed by atoms with Crippen molar-refractivity contribution in [3.8, 4) is 5.82 Å². The highest BCUT2D eigenvalue weighted by Gasteiger charge is 2.09. The molecule has 7 nitrogen and oxygen atoms in total. The van der Waals surface area contributed by atoms with Gasteiger partial charge in [-0.2, -0.15) is 5.10 Å². The molecule has 0 spiro atoms. The molecular weight excluding hydrogens is 250 g/mol. The molecule has 0 aromatic carbocycles. The summed E-state index contributed by atoms with van der Waals surface area (Å²) in [6.07, 6.45) is 4.34. The number of halogens is 1. The Hall–Kier alpha value is -1.54. The second-order valence-electron chi connectivity index (χ2n) is 2.34. The van der Waals surface area contributed by atoms with Crippen LogP contribution in [0.5, 0.6) is 0 Å². The molecule has 0 amide bonds. The lowest BCUT2D eigenvalue weighted by atomic mass is 10.5. The smallest absolute Gasteiger partial charge is 0.174 e. The van der Waals surface area contributed by atoms with Crippen molar-refractivity contribution in [2.45, 2.75) is 0 Å². The molecule has 2 heterocycles. The number of nitrogen functional groups attached to an aromatic ring is 1. The second-order valence-corrected chi connectivity index (χ2v) is 3.14. The molecule has 0 unspecified atom stereocenters. The molecule has 72 valence electrons. The summed E-state index contributed by atoms with van der Waals surface area (Å²) in [7, 11) is 0. The lowest BCUT2D eigenvalue weighted by molar-refractivity contribution is 0.832. The van der Waals surface area contributed by atoms with Gasteiger partial charge < -0.3 is 5.43 Å². The first-order valence-electron chi connectivity index (χ1n) is 3.65. The predicted molar refractivity (Wildman–Crippen MR) is 52.5 cm³/mol. The molecule has 14 heavy (non-hydrogen) atoms. The number of nitrogens with two attached hydrogens (primary N) is 1. The zero-order valence-electron chi connectivity index (χ0n) is 6.92. The van der Waals surface area contributed by atoms with Crippen LogP contribution in [0.1, 0.15) is 0 Å². The Balaban J connectivity index is 2.54. The highest BCUT2D eigenvalue weighted by atomic mass is 79.9. The first-order chi connectivity index (χ1) is 6.83. The van der Waals surface area contributed by atoms with Gasteiger partial charge in [0.25, 0.3) is 0 Å². The third-order valence-electron chi connectivity index (χ3n) is 1.54. The van der Waals surface area contributed by atoms with Gasteiger partial charge in [-0.25, -0.2) is 25.5 Å². The maximum absolute atomic E-state index is 5.26. The Kier molecular flexibility index (Phi) is 2.37. The Bertz CT molecular complexity index is 426. The van der Waals surface area contributed by atoms with Gasteiger partial charge in [-0.05, 0) is 15.9 Å². The Morgan fingerprint density at radius 2 is 2.21 bits per heavy atom. The van der Waals surface area contributed by atoms with Gasteiger partial charge in [0.05, 0.1) is 0 Å². The van der Waals surface area contributed by atoms with Gasteiger partial charge >= 0.3 is 0 Å². The molecule has 0 fully saturated rings. The van der Waals surface area contributed by atoms with Gasteiger partial charge in [-0.3, -0.25) is 0 Å². The SMILES string of the molecule is NNc1ncnc(-n2cncn2)c1Br. The van der Waals surface area contributed by atoms with E-state index >= 15 is 0 Å². The summed E-state index contributed by atoms with van der Waals surface area (Å²) in [5.41, 5.74) is 2.44. The van der Waals surface area contributed by atoms with Crippen molar-refractivity contribution in [1.29, 1.82) is 0 Å². The van der Waals surface area contributed by atoms with Crippen molar-refractivity contribution in [2.75, 3.05) is 5.43 Å². The van der Waals surface area contributed by atoms with Crippen molar-refractivity contribution in [3.05, 3.63) is 23.5 Å². The van der Waals surface area contributed by atoms with Crippen LogP contribution in [-0.4, -0.2) is 24.7 Å². The molecule has 3 N–H and O–H groups in total. The van der Waals surface area contributed by atoms with Crippen LogP contribution in [0.15, 0.2) is 23.5 Å². The van der Waals surface area contributed by atoms with E-state index in [9.17, 15) is 0 Å². The summed E-state index contributed by atoms with van der Waals surface area (Å²) in [5.74, 6) is 6.32. The minimum Gasteiger partial charge on any atom is -0.307 e. The highest BCUT2D eigenvalue weighted by Crippen LogP contribution is 2.23. The zero-order chi connectivity index (χ0) is 9.97. The topological polar surface area (TPSA) is 94.5 Å². The maximum atomic E-state index is 5.26. The van der Waals surface area contributed by atoms with E-state index in [0.717, 1.165) is 0 Å². The van der Waals surface area contributed by atoms with E-state index < -0.39 is 0 Å². The van der Waals surface area contributed by atoms with E-state index in [-0.39, 0.29) is 0 Å². The third kappa shape index (κ3) is 1.44. The Morgan fingerprint density at radius 1 is 1.36 bits per heavy atom. The molecular formula is C6H6BrN7. The summed E-state index contributed by atoms with van der Waals surface area (Å²) in [4.78, 5) is 11.8. The summed E-state index contributed by atoms with van der Waals surface area (Å²) in [6, 6.07) is 0. The quantitative estimate of drug-likeness (QED) is 0.584. The normalized spacial score (nSPS) is 10.1. The van der Waals surface area contributed by atoms with Crippen LogP contribution in [-0.2, 0) is 0 Å². The van der Waals surface area contributed by atoms with Crippen molar-refractivity contribution < 1.29 is 0 Å². The van der Waals surface area contributed by atoms with Crippen molar-refractivity contribution in [2.24, 2.45) is 5.84 Å². The number of nitrogens with one attached hydrogen (secondary N) is 1. The average molecular weight is 256 g/mol. The van der Waals surface area contributed by atoms with E-state index in [1.807, 2.05) is 0 Å². The lowest BCUT2D eigenvalue weighted by Gasteiger charge is -2.05. The standard InChI is InChI=1S/C6H6BrN7/c7-4-5(13-8)10-2-11-6(4)14-3-9-1-12-14/h1-3H,8H2,(H,10,11,13). The zero-order valence-corrected chi connectivity index (χ0v) is 8.51. The monoisotopic (exact) mass is 255 g/mol. The Morgan fingerprint density at radius 3 is 2.86 bits per heavy atom. The molecule has 0 aliphatic rings. The molecule has 0 radical (unpaired) electrons. The fourth-order valence-corrected chi connectivity index (χ4v) is 1.44.